The molecule has 0 aliphatic carbocycles. The van der Waals surface area contributed by atoms with E-state index in [1.807, 2.05) is 0 Å². The highest BCUT2D eigenvalue weighted by Gasteiger charge is 2.51. The molecule has 9 N–H and O–H groups in total. The van der Waals surface area contributed by atoms with Crippen LogP contribution in [0.3, 0.4) is 0 Å². The molecule has 12 unspecified atom stereocenters. The van der Waals surface area contributed by atoms with Gasteiger partial charge in [0.2, 0.25) is 5.91 Å². The molecule has 0 spiro atoms. The second kappa shape index (κ2) is 62.7. The summed E-state index contributed by atoms with van der Waals surface area (Å²) in [5.74, 6) is -0.199. The zero-order valence-electron chi connectivity index (χ0n) is 59.3. The molecule has 1 amide bonds. The average molecular weight is 1310 g/mol. The van der Waals surface area contributed by atoms with Crippen LogP contribution in [-0.4, -0.2) is 140 Å². The molecule has 0 radical (unpaired) electrons. The fourth-order valence-electron chi connectivity index (χ4n) is 13.1. The Kier molecular flexibility index (Phi) is 58.8. The van der Waals surface area contributed by atoms with Crippen LogP contribution in [0.2, 0.25) is 0 Å². The Hall–Kier alpha value is -1.79. The Bertz CT molecular complexity index is 1680. The summed E-state index contributed by atoms with van der Waals surface area (Å²) in [7, 11) is 0. The predicted octanol–water partition coefficient (Wildman–Crippen LogP) is 17.2. The molecule has 542 valence electrons. The topological polar surface area (TPSA) is 228 Å². The molecule has 0 aromatic rings. The van der Waals surface area contributed by atoms with E-state index in [0.717, 1.165) is 64.2 Å². The van der Waals surface area contributed by atoms with Gasteiger partial charge < -0.3 is 65.1 Å². The van der Waals surface area contributed by atoms with Crippen molar-refractivity contribution in [1.82, 2.24) is 5.32 Å². The standard InChI is InChI=1S/C78H147NO13/c1-3-5-7-9-11-13-15-17-19-21-22-23-24-25-26-27-28-29-30-31-32-33-34-35-36-37-38-39-40-41-42-43-44-46-48-50-52-54-56-58-60-62-70(83)79-66(67(82)61-59-57-55-53-51-49-47-45-20-18-16-14-12-10-8-6-4-2)65-89-77-75(88)73(86)76(69(64-81)91-77)92-78-74(87)72(85)71(84)68(63-80)90-78/h15,17,21-22,24-25,66-69,71-78,80-82,84-88H,3-14,16,18-20,23,26-65H2,1-2H3,(H,79,83)/b17-15-,22-21-,25-24-. The number of amides is 1. The number of allylic oxidation sites excluding steroid dienone is 6. The number of hydrogen-bond donors (Lipinski definition) is 9. The number of carbonyl (C=O) groups is 1. The van der Waals surface area contributed by atoms with Crippen LogP contribution in [0.5, 0.6) is 0 Å². The van der Waals surface area contributed by atoms with Crippen molar-refractivity contribution in [1.29, 1.82) is 0 Å². The summed E-state index contributed by atoms with van der Waals surface area (Å²) < 4.78 is 22.9. The first-order valence-corrected chi connectivity index (χ1v) is 39.2. The van der Waals surface area contributed by atoms with Gasteiger partial charge in [0.25, 0.3) is 0 Å². The summed E-state index contributed by atoms with van der Waals surface area (Å²) >= 11 is 0. The molecule has 2 aliphatic heterocycles. The molecule has 14 nitrogen and oxygen atoms in total. The molecule has 2 rings (SSSR count). The van der Waals surface area contributed by atoms with E-state index in [1.54, 1.807) is 0 Å². The normalized spacial score (nSPS) is 22.8. The van der Waals surface area contributed by atoms with Crippen molar-refractivity contribution in [3.8, 4) is 0 Å². The highest BCUT2D eigenvalue weighted by molar-refractivity contribution is 5.76. The molecule has 14 heteroatoms. The molecular weight excluding hydrogens is 1160 g/mol. The van der Waals surface area contributed by atoms with Gasteiger partial charge in [-0.2, -0.15) is 0 Å². The van der Waals surface area contributed by atoms with Gasteiger partial charge >= 0.3 is 0 Å². The van der Waals surface area contributed by atoms with E-state index < -0.39 is 86.8 Å². The third-order valence-electron chi connectivity index (χ3n) is 19.4. The first-order valence-electron chi connectivity index (χ1n) is 39.2. The summed E-state index contributed by atoms with van der Waals surface area (Å²) in [5.41, 5.74) is 0. The number of unbranched alkanes of at least 4 members (excludes halogenated alkanes) is 47. The van der Waals surface area contributed by atoms with E-state index in [2.05, 4.69) is 55.6 Å². The molecule has 2 heterocycles. The fourth-order valence-corrected chi connectivity index (χ4v) is 13.1. The number of aliphatic hydroxyl groups excluding tert-OH is 8. The van der Waals surface area contributed by atoms with E-state index in [9.17, 15) is 45.6 Å². The van der Waals surface area contributed by atoms with Gasteiger partial charge in [0.15, 0.2) is 12.6 Å². The number of ether oxygens (including phenoxy) is 4. The molecular formula is C78H147NO13. The number of rotatable bonds is 66. The minimum absolute atomic E-state index is 0.199. The van der Waals surface area contributed by atoms with Crippen molar-refractivity contribution in [3.05, 3.63) is 36.5 Å². The lowest BCUT2D eigenvalue weighted by Gasteiger charge is -2.46. The lowest BCUT2D eigenvalue weighted by atomic mass is 9.97. The third-order valence-corrected chi connectivity index (χ3v) is 19.4. The van der Waals surface area contributed by atoms with Crippen LogP contribution in [0.4, 0.5) is 0 Å². The van der Waals surface area contributed by atoms with Gasteiger partial charge in [0, 0.05) is 6.42 Å². The van der Waals surface area contributed by atoms with Crippen molar-refractivity contribution in [2.45, 2.75) is 434 Å². The second-order valence-corrected chi connectivity index (χ2v) is 27.8. The monoisotopic (exact) mass is 1310 g/mol. The van der Waals surface area contributed by atoms with Crippen molar-refractivity contribution in [2.75, 3.05) is 19.8 Å². The van der Waals surface area contributed by atoms with Crippen molar-refractivity contribution in [2.24, 2.45) is 0 Å². The maximum atomic E-state index is 13.4. The van der Waals surface area contributed by atoms with E-state index in [1.165, 1.54) is 270 Å². The first-order chi connectivity index (χ1) is 45.1. The van der Waals surface area contributed by atoms with E-state index >= 15 is 0 Å². The highest BCUT2D eigenvalue weighted by atomic mass is 16.7. The minimum Gasteiger partial charge on any atom is -0.394 e. The van der Waals surface area contributed by atoms with Crippen LogP contribution >= 0.6 is 0 Å². The Labute approximate surface area is 563 Å². The zero-order valence-corrected chi connectivity index (χ0v) is 59.3. The van der Waals surface area contributed by atoms with Crippen LogP contribution < -0.4 is 5.32 Å². The summed E-state index contributed by atoms with van der Waals surface area (Å²) in [6, 6.07) is -0.827. The molecule has 92 heavy (non-hydrogen) atoms. The number of aliphatic hydroxyl groups is 8. The van der Waals surface area contributed by atoms with Crippen LogP contribution in [0.15, 0.2) is 36.5 Å². The summed E-state index contributed by atoms with van der Waals surface area (Å²) in [6.07, 6.45) is 64.8. The lowest BCUT2D eigenvalue weighted by molar-refractivity contribution is -0.359. The van der Waals surface area contributed by atoms with E-state index in [0.29, 0.717) is 12.8 Å². The van der Waals surface area contributed by atoms with Gasteiger partial charge in [-0.25, -0.2) is 0 Å². The van der Waals surface area contributed by atoms with Crippen LogP contribution in [0.25, 0.3) is 0 Å². The molecule has 2 saturated heterocycles. The SMILES string of the molecule is CCCCCCC/C=C\C/C=C\C/C=C\CCCCCCCCCCCCCCCCCCCCCCCCCCCCC(=O)NC(COC1OC(CO)C(OC2OC(CO)C(O)C(O)C2O)C(O)C1O)C(O)CCCCCCCCCCCCCCCCCCC. The molecule has 12 atom stereocenters. The third kappa shape index (κ3) is 45.7. The highest BCUT2D eigenvalue weighted by Crippen LogP contribution is 2.30. The van der Waals surface area contributed by atoms with Crippen molar-refractivity contribution in [3.63, 3.8) is 0 Å². The maximum Gasteiger partial charge on any atom is 0.220 e. The van der Waals surface area contributed by atoms with Gasteiger partial charge in [0.1, 0.15) is 48.8 Å². The minimum atomic E-state index is -1.78. The molecule has 0 saturated carbocycles. The Morgan fingerprint density at radius 1 is 0.391 bits per heavy atom. The Morgan fingerprint density at radius 3 is 1.10 bits per heavy atom. The van der Waals surface area contributed by atoms with Gasteiger partial charge in [-0.15, -0.1) is 0 Å². The average Bonchev–Trinajstić information content (AvgIpc) is 0.856. The predicted molar refractivity (Wildman–Crippen MR) is 378 cm³/mol. The number of hydrogen-bond acceptors (Lipinski definition) is 13. The maximum absolute atomic E-state index is 13.4. The van der Waals surface area contributed by atoms with E-state index in [4.69, 9.17) is 18.9 Å². The van der Waals surface area contributed by atoms with Gasteiger partial charge in [-0.05, 0) is 51.4 Å². The fraction of sp³-hybridized carbons (Fsp3) is 0.910. The second-order valence-electron chi connectivity index (χ2n) is 27.8. The molecule has 0 bridgehead atoms. The van der Waals surface area contributed by atoms with Gasteiger partial charge in [0.05, 0.1) is 32.0 Å². The number of nitrogens with one attached hydrogen (secondary N) is 1. The Morgan fingerprint density at radius 2 is 0.717 bits per heavy atom. The largest absolute Gasteiger partial charge is 0.394 e. The summed E-state index contributed by atoms with van der Waals surface area (Å²) in [4.78, 5) is 13.4. The summed E-state index contributed by atoms with van der Waals surface area (Å²) in [6.45, 7) is 2.90. The molecule has 0 aromatic heterocycles. The van der Waals surface area contributed by atoms with Gasteiger partial charge in [-0.3, -0.25) is 4.79 Å². The van der Waals surface area contributed by atoms with Crippen LogP contribution in [-0.2, 0) is 23.7 Å². The van der Waals surface area contributed by atoms with E-state index in [-0.39, 0.29) is 12.5 Å². The lowest BCUT2D eigenvalue weighted by Crippen LogP contribution is -2.65. The van der Waals surface area contributed by atoms with Crippen molar-refractivity contribution < 1.29 is 64.6 Å². The van der Waals surface area contributed by atoms with Crippen LogP contribution in [0.1, 0.15) is 361 Å². The van der Waals surface area contributed by atoms with Gasteiger partial charge in [-0.1, -0.05) is 339 Å². The molecule has 2 fully saturated rings. The molecule has 0 aromatic carbocycles. The van der Waals surface area contributed by atoms with Crippen molar-refractivity contribution >= 4 is 5.91 Å². The molecule has 2 aliphatic rings. The number of carbonyl (C=O) groups excluding carboxylic acids is 1. The Balaban J connectivity index is 1.53. The first kappa shape index (κ1) is 86.3. The summed E-state index contributed by atoms with van der Waals surface area (Å²) in [5, 5.41) is 87.7. The van der Waals surface area contributed by atoms with Crippen LogP contribution in [0, 0.1) is 0 Å². The smallest absolute Gasteiger partial charge is 0.220 e. The zero-order chi connectivity index (χ0) is 66.6. The quantitative estimate of drug-likeness (QED) is 0.0204.